The Kier molecular flexibility index (Phi) is 8.45. The Bertz CT molecular complexity index is 1530. The largest absolute Gasteiger partial charge is 0.479 e. The number of nitrogens with zero attached hydrogens (tertiary/aromatic N) is 4. The van der Waals surface area contributed by atoms with Crippen LogP contribution in [0.4, 0.5) is 9.59 Å². The van der Waals surface area contributed by atoms with E-state index in [1.54, 1.807) is 6.07 Å². The molecule has 0 saturated carbocycles. The fraction of sp³-hybridized carbons (Fsp3) is 0.375. The summed E-state index contributed by atoms with van der Waals surface area (Å²) in [7, 11) is -4.30. The highest BCUT2D eigenvalue weighted by Crippen LogP contribution is 2.43. The number of carboxylic acids is 1. The van der Waals surface area contributed by atoms with Crippen LogP contribution in [0.1, 0.15) is 18.5 Å². The van der Waals surface area contributed by atoms with E-state index in [0.29, 0.717) is 14.8 Å². The maximum absolute atomic E-state index is 13.6. The first-order chi connectivity index (χ1) is 19.8. The van der Waals surface area contributed by atoms with Crippen LogP contribution < -0.4 is 10.6 Å². The van der Waals surface area contributed by atoms with Gasteiger partial charge < -0.3 is 25.4 Å². The van der Waals surface area contributed by atoms with Gasteiger partial charge in [0.25, 0.3) is 15.9 Å². The minimum Gasteiger partial charge on any atom is -0.479 e. The van der Waals surface area contributed by atoms with Gasteiger partial charge >= 0.3 is 24.0 Å². The van der Waals surface area contributed by atoms with Gasteiger partial charge in [0.05, 0.1) is 19.2 Å². The fourth-order valence-corrected chi connectivity index (χ4v) is 6.86. The zero-order chi connectivity index (χ0) is 30.8. The third-order valence-electron chi connectivity index (χ3n) is 6.52. The molecule has 0 aliphatic carbocycles. The molecule has 1 aromatic rings. The Labute approximate surface area is 243 Å². The molecule has 3 aliphatic heterocycles. The van der Waals surface area contributed by atoms with E-state index >= 15 is 0 Å². The summed E-state index contributed by atoms with van der Waals surface area (Å²) in [5, 5.41) is 22.4. The van der Waals surface area contributed by atoms with Crippen LogP contribution in [0.25, 0.3) is 0 Å². The van der Waals surface area contributed by atoms with Gasteiger partial charge in [0.1, 0.15) is 18.0 Å². The van der Waals surface area contributed by atoms with Crippen LogP contribution in [0.2, 0.25) is 0 Å². The zero-order valence-corrected chi connectivity index (χ0v) is 23.5. The number of aliphatic carboxylic acids is 1. The lowest BCUT2D eigenvalue weighted by Gasteiger charge is -2.53. The van der Waals surface area contributed by atoms with Crippen molar-refractivity contribution in [1.29, 1.82) is 5.26 Å². The van der Waals surface area contributed by atoms with E-state index in [4.69, 9.17) is 10.00 Å². The number of fused-ring (bicyclic) bond motifs is 1. The standard InChI is InChI=1S/C24H24N6O10S2/c1-14(31)40-12-15-11-29-19(33)24(21(34)35,20(29)41-13-15)27-18(32)17(16-5-3-2-4-6-16)26-22(36)28-8-9-30(23(28)37)42(38,39)10-7-25/h2-6,11,17,20H,8-10,12-13H2,1H3,(H,26,36)(H,27,32)(H,34,35)/t17?,20-,24?/m0/s1. The first-order valence-corrected chi connectivity index (χ1v) is 14.9. The minimum absolute atomic E-state index is 0.0994. The number of rotatable bonds is 9. The Morgan fingerprint density at radius 2 is 1.90 bits per heavy atom. The molecule has 0 bridgehead atoms. The smallest absolute Gasteiger partial charge is 0.342 e. The van der Waals surface area contributed by atoms with Gasteiger partial charge in [-0.3, -0.25) is 14.4 Å². The topological polar surface area (TPSA) is 224 Å². The molecule has 6 amide bonds. The fourth-order valence-electron chi connectivity index (χ4n) is 4.49. The molecule has 2 unspecified atom stereocenters. The van der Waals surface area contributed by atoms with Crippen LogP contribution in [0.3, 0.4) is 0 Å². The van der Waals surface area contributed by atoms with E-state index in [1.807, 2.05) is 0 Å². The zero-order valence-electron chi connectivity index (χ0n) is 21.9. The Hall–Kier alpha value is -4.63. The van der Waals surface area contributed by atoms with Crippen LogP contribution in [0.5, 0.6) is 0 Å². The van der Waals surface area contributed by atoms with Crippen molar-refractivity contribution < 1.29 is 47.0 Å². The number of benzene rings is 1. The minimum atomic E-state index is -4.30. The van der Waals surface area contributed by atoms with Crippen molar-refractivity contribution in [2.45, 2.75) is 23.9 Å². The lowest BCUT2D eigenvalue weighted by Crippen LogP contribution is -2.82. The van der Waals surface area contributed by atoms with Crippen LogP contribution in [0.15, 0.2) is 42.1 Å². The van der Waals surface area contributed by atoms with Crippen molar-refractivity contribution in [3.05, 3.63) is 47.7 Å². The predicted octanol–water partition coefficient (Wildman–Crippen LogP) is -0.670. The molecule has 18 heteroatoms. The Balaban J connectivity index is 1.56. The normalized spacial score (nSPS) is 22.2. The Morgan fingerprint density at radius 3 is 2.52 bits per heavy atom. The molecule has 42 heavy (non-hydrogen) atoms. The number of esters is 1. The highest BCUT2D eigenvalue weighted by Gasteiger charge is 2.68. The van der Waals surface area contributed by atoms with E-state index in [0.717, 1.165) is 16.7 Å². The van der Waals surface area contributed by atoms with Gasteiger partial charge in [0.15, 0.2) is 5.75 Å². The molecule has 3 N–H and O–H groups in total. The van der Waals surface area contributed by atoms with Crippen molar-refractivity contribution in [1.82, 2.24) is 24.7 Å². The number of carbonyl (C=O) groups excluding carboxylic acids is 5. The first-order valence-electron chi connectivity index (χ1n) is 12.2. The third kappa shape index (κ3) is 5.47. The molecule has 3 aliphatic rings. The number of amides is 6. The van der Waals surface area contributed by atoms with Gasteiger partial charge in [0.2, 0.25) is 11.4 Å². The van der Waals surface area contributed by atoms with Crippen LogP contribution >= 0.6 is 11.8 Å². The second-order valence-electron chi connectivity index (χ2n) is 9.26. The van der Waals surface area contributed by atoms with Crippen LogP contribution in [-0.2, 0) is 33.9 Å². The number of hydrogen-bond acceptors (Lipinski definition) is 11. The monoisotopic (exact) mass is 620 g/mol. The maximum atomic E-state index is 13.6. The number of hydrogen-bond donors (Lipinski definition) is 3. The Morgan fingerprint density at radius 1 is 1.21 bits per heavy atom. The van der Waals surface area contributed by atoms with Crippen molar-refractivity contribution >= 4 is 57.6 Å². The van der Waals surface area contributed by atoms with E-state index in [2.05, 4.69) is 10.6 Å². The maximum Gasteiger partial charge on any atom is 0.342 e. The van der Waals surface area contributed by atoms with Gasteiger partial charge in [-0.2, -0.15) is 5.26 Å². The highest BCUT2D eigenvalue weighted by atomic mass is 32.2. The lowest BCUT2D eigenvalue weighted by atomic mass is 9.87. The second kappa shape index (κ2) is 11.7. The van der Waals surface area contributed by atoms with Gasteiger partial charge in [0, 0.05) is 18.9 Å². The number of β-lactam (4-membered cyclic amide) rings is 1. The molecule has 4 rings (SSSR count). The summed E-state index contributed by atoms with van der Waals surface area (Å²) in [6, 6.07) is 5.04. The van der Waals surface area contributed by atoms with E-state index in [1.165, 1.54) is 43.5 Å². The van der Waals surface area contributed by atoms with Crippen molar-refractivity contribution in [2.75, 3.05) is 31.2 Å². The number of thioether (sulfide) groups is 1. The van der Waals surface area contributed by atoms with E-state index in [-0.39, 0.29) is 24.5 Å². The average molecular weight is 621 g/mol. The molecule has 2 saturated heterocycles. The number of sulfonamides is 1. The summed E-state index contributed by atoms with van der Waals surface area (Å²) in [5.41, 5.74) is -1.68. The molecule has 0 aromatic heterocycles. The third-order valence-corrected chi connectivity index (χ3v) is 9.46. The highest BCUT2D eigenvalue weighted by molar-refractivity contribution is 8.00. The SMILES string of the molecule is CC(=O)OCC1=CN2C(=O)C(NC(=O)C(NC(=O)N3CCN(S(=O)(=O)CC#N)C3=O)c3ccccc3)(C(=O)O)[C@@H]2SC1. The van der Waals surface area contributed by atoms with Gasteiger partial charge in [-0.25, -0.2) is 32.0 Å². The molecule has 222 valence electrons. The number of nitriles is 1. The van der Waals surface area contributed by atoms with Crippen molar-refractivity contribution in [3.8, 4) is 6.07 Å². The summed E-state index contributed by atoms with van der Waals surface area (Å²) in [6.45, 7) is 0.341. The van der Waals surface area contributed by atoms with Crippen molar-refractivity contribution in [3.63, 3.8) is 0 Å². The number of carboxylic acid groups (broad SMARTS) is 1. The summed E-state index contributed by atoms with van der Waals surface area (Å²) >= 11 is 1.03. The van der Waals surface area contributed by atoms with E-state index in [9.17, 15) is 42.3 Å². The van der Waals surface area contributed by atoms with Crippen LogP contribution in [0, 0.1) is 11.3 Å². The molecule has 16 nitrogen and oxygen atoms in total. The molecular weight excluding hydrogens is 596 g/mol. The van der Waals surface area contributed by atoms with Crippen LogP contribution in [-0.4, -0.2) is 106 Å². The summed E-state index contributed by atoms with van der Waals surface area (Å²) in [4.78, 5) is 77.7. The molecule has 2 fully saturated rings. The number of urea groups is 2. The molecule has 3 heterocycles. The molecule has 3 atom stereocenters. The summed E-state index contributed by atoms with van der Waals surface area (Å²) < 4.78 is 29.7. The summed E-state index contributed by atoms with van der Waals surface area (Å²) in [6.07, 6.45) is 1.36. The number of ether oxygens (including phenoxy) is 1. The quantitative estimate of drug-likeness (QED) is 0.178. The molecule has 0 radical (unpaired) electrons. The van der Waals surface area contributed by atoms with Gasteiger partial charge in [-0.1, -0.05) is 30.3 Å². The predicted molar refractivity (Wildman–Crippen MR) is 142 cm³/mol. The number of nitrogens with one attached hydrogen (secondary N) is 2. The van der Waals surface area contributed by atoms with Crippen molar-refractivity contribution in [2.24, 2.45) is 0 Å². The molecular formula is C24H24N6O10S2. The number of carbonyl (C=O) groups is 6. The molecule has 0 spiro atoms. The number of imide groups is 1. The van der Waals surface area contributed by atoms with Gasteiger partial charge in [-0.15, -0.1) is 11.8 Å². The lowest BCUT2D eigenvalue weighted by molar-refractivity contribution is -0.170. The first kappa shape index (κ1) is 30.3. The van der Waals surface area contributed by atoms with Gasteiger partial charge in [-0.05, 0) is 11.1 Å². The van der Waals surface area contributed by atoms with E-state index < -0.39 is 75.1 Å². The molecule has 1 aromatic carbocycles. The second-order valence-corrected chi connectivity index (χ2v) is 12.2. The summed E-state index contributed by atoms with van der Waals surface area (Å²) in [5.74, 6) is -5.00. The average Bonchev–Trinajstić information content (AvgIpc) is 3.35.